The SMILES string of the molecule is N#CCc1cc([N+](=O)[O-])cc(Cl)c1I. The summed E-state index contributed by atoms with van der Waals surface area (Å²) in [6, 6.07) is 4.59. The molecular formula is C8H4ClIN2O2. The Hall–Kier alpha value is -0.870. The van der Waals surface area contributed by atoms with Crippen LogP contribution < -0.4 is 0 Å². The number of non-ortho nitro benzene ring substituents is 1. The Morgan fingerprint density at radius 3 is 2.79 bits per heavy atom. The van der Waals surface area contributed by atoms with Crippen LogP contribution in [0.2, 0.25) is 5.02 Å². The summed E-state index contributed by atoms with van der Waals surface area (Å²) >= 11 is 7.74. The smallest absolute Gasteiger partial charge is 0.258 e. The van der Waals surface area contributed by atoms with Crippen molar-refractivity contribution in [3.63, 3.8) is 0 Å². The number of nitro groups is 1. The first-order valence-corrected chi connectivity index (χ1v) is 5.01. The normalized spacial score (nSPS) is 9.50. The fourth-order valence-corrected chi connectivity index (χ4v) is 1.68. The lowest BCUT2D eigenvalue weighted by Gasteiger charge is -2.01. The minimum Gasteiger partial charge on any atom is -0.258 e. The van der Waals surface area contributed by atoms with Crippen molar-refractivity contribution in [3.8, 4) is 6.07 Å². The van der Waals surface area contributed by atoms with Gasteiger partial charge in [-0.1, -0.05) is 11.6 Å². The van der Waals surface area contributed by atoms with E-state index in [9.17, 15) is 10.1 Å². The molecule has 0 unspecified atom stereocenters. The molecule has 0 amide bonds. The van der Waals surface area contributed by atoms with Crippen LogP contribution in [0, 0.1) is 25.0 Å². The number of nitriles is 1. The van der Waals surface area contributed by atoms with Crippen molar-refractivity contribution in [2.45, 2.75) is 6.42 Å². The second-order valence-electron chi connectivity index (χ2n) is 2.49. The maximum absolute atomic E-state index is 10.5. The van der Waals surface area contributed by atoms with E-state index in [0.717, 1.165) is 0 Å². The third-order valence-electron chi connectivity index (χ3n) is 1.57. The van der Waals surface area contributed by atoms with E-state index >= 15 is 0 Å². The number of benzene rings is 1. The molecule has 0 aromatic heterocycles. The van der Waals surface area contributed by atoms with Crippen LogP contribution in [-0.4, -0.2) is 4.92 Å². The zero-order valence-corrected chi connectivity index (χ0v) is 9.74. The first-order chi connectivity index (χ1) is 6.56. The molecule has 0 radical (unpaired) electrons. The average Bonchev–Trinajstić information content (AvgIpc) is 2.12. The van der Waals surface area contributed by atoms with Gasteiger partial charge in [-0.3, -0.25) is 10.1 Å². The molecule has 0 saturated carbocycles. The van der Waals surface area contributed by atoms with E-state index in [-0.39, 0.29) is 12.1 Å². The molecule has 0 bridgehead atoms. The van der Waals surface area contributed by atoms with E-state index in [1.54, 1.807) is 0 Å². The third-order valence-corrected chi connectivity index (χ3v) is 3.46. The highest BCUT2D eigenvalue weighted by molar-refractivity contribution is 14.1. The van der Waals surface area contributed by atoms with Gasteiger partial charge >= 0.3 is 0 Å². The van der Waals surface area contributed by atoms with E-state index in [1.165, 1.54) is 12.1 Å². The van der Waals surface area contributed by atoms with Gasteiger partial charge in [0.15, 0.2) is 0 Å². The molecule has 72 valence electrons. The summed E-state index contributed by atoms with van der Waals surface area (Å²) in [6.07, 6.45) is 0.125. The molecule has 0 spiro atoms. The van der Waals surface area contributed by atoms with Crippen molar-refractivity contribution in [1.29, 1.82) is 5.26 Å². The van der Waals surface area contributed by atoms with Crippen LogP contribution in [0.5, 0.6) is 0 Å². The maximum atomic E-state index is 10.5. The number of nitro benzene ring substituents is 1. The minimum atomic E-state index is -0.525. The molecule has 4 nitrogen and oxygen atoms in total. The predicted octanol–water partition coefficient (Wildman–Crippen LogP) is 2.92. The van der Waals surface area contributed by atoms with Crippen LogP contribution in [0.4, 0.5) is 5.69 Å². The molecular weight excluding hydrogens is 318 g/mol. The van der Waals surface area contributed by atoms with Crippen LogP contribution in [0.3, 0.4) is 0 Å². The largest absolute Gasteiger partial charge is 0.271 e. The predicted molar refractivity (Wildman–Crippen MR) is 60.1 cm³/mol. The van der Waals surface area contributed by atoms with Crippen LogP contribution >= 0.6 is 34.2 Å². The average molecular weight is 322 g/mol. The first-order valence-electron chi connectivity index (χ1n) is 3.55. The van der Waals surface area contributed by atoms with E-state index < -0.39 is 4.92 Å². The van der Waals surface area contributed by atoms with Gasteiger partial charge in [-0.2, -0.15) is 5.26 Å². The molecule has 0 aliphatic carbocycles. The summed E-state index contributed by atoms with van der Waals surface area (Å²) in [7, 11) is 0. The third kappa shape index (κ3) is 2.33. The number of nitrogens with zero attached hydrogens (tertiary/aromatic N) is 2. The summed E-state index contributed by atoms with van der Waals surface area (Å²) in [4.78, 5) is 9.96. The second-order valence-corrected chi connectivity index (χ2v) is 3.98. The summed E-state index contributed by atoms with van der Waals surface area (Å²) in [5.74, 6) is 0. The number of hydrogen-bond donors (Lipinski definition) is 0. The highest BCUT2D eigenvalue weighted by Crippen LogP contribution is 2.28. The van der Waals surface area contributed by atoms with Gasteiger partial charge < -0.3 is 0 Å². The molecule has 14 heavy (non-hydrogen) atoms. The zero-order valence-electron chi connectivity index (χ0n) is 6.83. The van der Waals surface area contributed by atoms with Gasteiger partial charge in [0.2, 0.25) is 0 Å². The number of halogens is 2. The summed E-state index contributed by atoms with van der Waals surface area (Å²) in [5.41, 5.74) is 0.507. The van der Waals surface area contributed by atoms with Gasteiger partial charge in [-0.05, 0) is 28.2 Å². The molecule has 0 saturated heterocycles. The zero-order chi connectivity index (χ0) is 10.7. The molecule has 1 aromatic rings. The molecule has 0 atom stereocenters. The molecule has 6 heteroatoms. The number of hydrogen-bond acceptors (Lipinski definition) is 3. The fourth-order valence-electron chi connectivity index (χ4n) is 0.949. The lowest BCUT2D eigenvalue weighted by molar-refractivity contribution is -0.384. The van der Waals surface area contributed by atoms with Crippen LogP contribution in [-0.2, 0) is 6.42 Å². The standard InChI is InChI=1S/C8H4ClIN2O2/c9-7-4-6(12(13)14)3-5(1-2-11)8(7)10/h3-4H,1H2. The maximum Gasteiger partial charge on any atom is 0.271 e. The first kappa shape index (κ1) is 11.2. The van der Waals surface area contributed by atoms with E-state index in [2.05, 4.69) is 0 Å². The van der Waals surface area contributed by atoms with Crippen molar-refractivity contribution < 1.29 is 4.92 Å². The number of rotatable bonds is 2. The van der Waals surface area contributed by atoms with Gasteiger partial charge in [0.05, 0.1) is 22.4 Å². The van der Waals surface area contributed by atoms with Gasteiger partial charge in [-0.15, -0.1) is 0 Å². The monoisotopic (exact) mass is 322 g/mol. The molecule has 1 rings (SSSR count). The van der Waals surface area contributed by atoms with Crippen molar-refractivity contribution in [1.82, 2.24) is 0 Å². The van der Waals surface area contributed by atoms with Crippen molar-refractivity contribution in [3.05, 3.63) is 36.4 Å². The molecule has 0 aliphatic rings. The van der Waals surface area contributed by atoms with Crippen LogP contribution in [0.25, 0.3) is 0 Å². The second kappa shape index (κ2) is 4.57. The highest BCUT2D eigenvalue weighted by atomic mass is 127. The molecule has 0 N–H and O–H groups in total. The van der Waals surface area contributed by atoms with Crippen molar-refractivity contribution >= 4 is 39.9 Å². The lowest BCUT2D eigenvalue weighted by Crippen LogP contribution is -1.94. The molecule has 0 aliphatic heterocycles. The quantitative estimate of drug-likeness (QED) is 0.477. The van der Waals surface area contributed by atoms with Gasteiger partial charge in [-0.25, -0.2) is 0 Å². The van der Waals surface area contributed by atoms with E-state index in [4.69, 9.17) is 16.9 Å². The van der Waals surface area contributed by atoms with Crippen LogP contribution in [0.1, 0.15) is 5.56 Å². The minimum absolute atomic E-state index is 0.0827. The summed E-state index contributed by atoms with van der Waals surface area (Å²) in [6.45, 7) is 0. The van der Waals surface area contributed by atoms with E-state index in [1.807, 2.05) is 28.7 Å². The van der Waals surface area contributed by atoms with Crippen molar-refractivity contribution in [2.75, 3.05) is 0 Å². The Balaban J connectivity index is 3.29. The summed E-state index contributed by atoms with van der Waals surface area (Å²) < 4.78 is 0.691. The topological polar surface area (TPSA) is 66.9 Å². The Labute approximate surface area is 98.8 Å². The molecule has 1 aromatic carbocycles. The Morgan fingerprint density at radius 1 is 1.64 bits per heavy atom. The Kier molecular flexibility index (Phi) is 3.66. The summed E-state index contributed by atoms with van der Waals surface area (Å²) in [5, 5.41) is 19.3. The van der Waals surface area contributed by atoms with E-state index in [0.29, 0.717) is 14.2 Å². The van der Waals surface area contributed by atoms with Gasteiger partial charge in [0, 0.05) is 15.7 Å². The Bertz CT molecular complexity index is 428. The van der Waals surface area contributed by atoms with Gasteiger partial charge in [0.25, 0.3) is 5.69 Å². The lowest BCUT2D eigenvalue weighted by atomic mass is 10.1. The molecule has 0 heterocycles. The highest BCUT2D eigenvalue weighted by Gasteiger charge is 2.13. The molecule has 0 fully saturated rings. The van der Waals surface area contributed by atoms with Gasteiger partial charge in [0.1, 0.15) is 0 Å². The van der Waals surface area contributed by atoms with Crippen LogP contribution in [0.15, 0.2) is 12.1 Å². The van der Waals surface area contributed by atoms with Crippen molar-refractivity contribution in [2.24, 2.45) is 0 Å². The fraction of sp³-hybridized carbons (Fsp3) is 0.125. The Morgan fingerprint density at radius 2 is 2.29 bits per heavy atom.